The van der Waals surface area contributed by atoms with Gasteiger partial charge in [0.1, 0.15) is 17.5 Å². The number of thiazole rings is 1. The molecule has 0 unspecified atom stereocenters. The van der Waals surface area contributed by atoms with Gasteiger partial charge in [-0.05, 0) is 26.3 Å². The summed E-state index contributed by atoms with van der Waals surface area (Å²) in [6.07, 6.45) is 0.204. The fourth-order valence-electron chi connectivity index (χ4n) is 2.34. The Labute approximate surface area is 128 Å². The van der Waals surface area contributed by atoms with Gasteiger partial charge in [0.2, 0.25) is 4.83 Å². The molecule has 0 aliphatic rings. The van der Waals surface area contributed by atoms with Crippen molar-refractivity contribution in [3.05, 3.63) is 31.9 Å². The normalized spacial score (nSPS) is 11.4. The van der Waals surface area contributed by atoms with Gasteiger partial charge in [0, 0.05) is 10.3 Å². The number of thiophene rings is 1. The van der Waals surface area contributed by atoms with Crippen LogP contribution in [-0.4, -0.2) is 17.6 Å². The first-order valence-corrected chi connectivity index (χ1v) is 8.32. The van der Waals surface area contributed by atoms with Gasteiger partial charge in [-0.25, -0.2) is 4.79 Å². The highest BCUT2D eigenvalue weighted by Gasteiger charge is 2.23. The monoisotopic (exact) mass is 323 g/mol. The van der Waals surface area contributed by atoms with E-state index >= 15 is 0 Å². The fourth-order valence-corrected chi connectivity index (χ4v) is 4.49. The Hall–Kier alpha value is -1.73. The minimum absolute atomic E-state index is 0.0728. The molecule has 3 heterocycles. The minimum Gasteiger partial charge on any atom is -0.466 e. The highest BCUT2D eigenvalue weighted by molar-refractivity contribution is 7.18. The third kappa shape index (κ3) is 2.26. The highest BCUT2D eigenvalue weighted by atomic mass is 32.1. The molecule has 0 radical (unpaired) electrons. The number of nitrogens with zero attached hydrogens (tertiary/aromatic N) is 1. The second-order valence-corrected chi connectivity index (χ2v) is 6.83. The molecule has 0 aliphatic carbocycles. The summed E-state index contributed by atoms with van der Waals surface area (Å²) in [4.78, 5) is 29.6. The summed E-state index contributed by atoms with van der Waals surface area (Å²) in [5.41, 5.74) is 1.77. The van der Waals surface area contributed by atoms with Gasteiger partial charge in [0.15, 0.2) is 0 Å². The molecule has 5 nitrogen and oxygen atoms in total. The summed E-state index contributed by atoms with van der Waals surface area (Å²) in [5, 5.41) is 2.60. The summed E-state index contributed by atoms with van der Waals surface area (Å²) in [6, 6.07) is 0. The Morgan fingerprint density at radius 3 is 2.90 bits per heavy atom. The fraction of sp³-hybridized carbons (Fsp3) is 0.357. The Bertz CT molecular complexity index is 904. The molecule has 0 fully saturated rings. The Morgan fingerprint density at radius 2 is 2.19 bits per heavy atom. The maximum Gasteiger partial charge on any atom is 0.347 e. The van der Waals surface area contributed by atoms with Crippen LogP contribution < -0.4 is 9.96 Å². The van der Waals surface area contributed by atoms with Gasteiger partial charge in [-0.3, -0.25) is 4.79 Å². The third-order valence-electron chi connectivity index (χ3n) is 3.45. The van der Waals surface area contributed by atoms with Gasteiger partial charge in [-0.15, -0.1) is 0 Å². The number of aromatic amines is 1. The zero-order valence-electron chi connectivity index (χ0n) is 12.0. The molecule has 1 N–H and O–H groups in total. The smallest absolute Gasteiger partial charge is 0.347 e. The first-order valence-electron chi connectivity index (χ1n) is 6.62. The predicted octanol–water partition coefficient (Wildman–Crippen LogP) is 2.11. The van der Waals surface area contributed by atoms with E-state index in [0.717, 1.165) is 25.9 Å². The molecule has 3 aromatic rings. The molecule has 0 saturated heterocycles. The number of fused-ring (bicyclic) bond motifs is 3. The van der Waals surface area contributed by atoms with Gasteiger partial charge < -0.3 is 4.74 Å². The number of nitrogens with one attached hydrogen (secondary N) is 1. The van der Waals surface area contributed by atoms with Gasteiger partial charge in [0.25, 0.3) is 0 Å². The van der Waals surface area contributed by atoms with E-state index < -0.39 is 0 Å². The minimum atomic E-state index is -0.256. The molecule has 0 aliphatic heterocycles. The van der Waals surface area contributed by atoms with Crippen LogP contribution in [0.15, 0.2) is 10.2 Å². The van der Waals surface area contributed by atoms with E-state index in [1.807, 2.05) is 23.6 Å². The molecule has 0 spiro atoms. The molecule has 0 saturated carbocycles. The highest BCUT2D eigenvalue weighted by Crippen LogP contribution is 2.26. The first-order chi connectivity index (χ1) is 10.0. The van der Waals surface area contributed by atoms with Crippen molar-refractivity contribution in [2.75, 3.05) is 6.61 Å². The number of hydrogen-bond donors (Lipinski definition) is 1. The zero-order valence-corrected chi connectivity index (χ0v) is 13.6. The average molecular weight is 323 g/mol. The van der Waals surface area contributed by atoms with E-state index in [2.05, 4.69) is 4.98 Å². The molecule has 0 aromatic carbocycles. The Balaban J connectivity index is 2.27. The maximum atomic E-state index is 12.2. The molecule has 3 rings (SSSR count). The van der Waals surface area contributed by atoms with E-state index in [0.29, 0.717) is 12.0 Å². The number of rotatable bonds is 3. The molecule has 110 valence electrons. The number of aryl methyl sites for hydroxylation is 2. The summed E-state index contributed by atoms with van der Waals surface area (Å²) < 4.78 is 6.97. The van der Waals surface area contributed by atoms with Crippen molar-refractivity contribution in [3.8, 4) is 0 Å². The van der Waals surface area contributed by atoms with Gasteiger partial charge in [-0.1, -0.05) is 22.7 Å². The predicted molar refractivity (Wildman–Crippen MR) is 83.3 cm³/mol. The van der Waals surface area contributed by atoms with Crippen molar-refractivity contribution in [2.24, 2.45) is 0 Å². The number of aromatic nitrogens is 2. The van der Waals surface area contributed by atoms with Crippen molar-refractivity contribution in [1.82, 2.24) is 4.98 Å². The standard InChI is InChI=1S/C14H14N2O3S2/c1-4-19-10(17)5-9-6-20-14-15-12(18)11-7(2)8(3)21-13(11)16(9)14/h6H,4-5H2,1-3H3/p+1. The molecule has 7 heteroatoms. The van der Waals surface area contributed by atoms with E-state index in [-0.39, 0.29) is 17.9 Å². The van der Waals surface area contributed by atoms with Crippen LogP contribution >= 0.6 is 22.7 Å². The lowest BCUT2D eigenvalue weighted by molar-refractivity contribution is -0.486. The van der Waals surface area contributed by atoms with Crippen molar-refractivity contribution in [1.29, 1.82) is 0 Å². The van der Waals surface area contributed by atoms with Crippen LogP contribution in [0.25, 0.3) is 15.2 Å². The second kappa shape index (κ2) is 5.23. The second-order valence-electron chi connectivity index (χ2n) is 4.77. The van der Waals surface area contributed by atoms with E-state index in [1.165, 1.54) is 11.3 Å². The lowest BCUT2D eigenvalue weighted by Gasteiger charge is -1.99. The molecule has 0 amide bonds. The van der Waals surface area contributed by atoms with Crippen molar-refractivity contribution in [2.45, 2.75) is 27.2 Å². The number of carbonyl (C=O) groups excluding carboxylic acids is 1. The van der Waals surface area contributed by atoms with E-state index in [1.54, 1.807) is 18.3 Å². The van der Waals surface area contributed by atoms with E-state index in [9.17, 15) is 9.59 Å². The topological polar surface area (TPSA) is 63.3 Å². The summed E-state index contributed by atoms with van der Waals surface area (Å²) in [5.74, 6) is -0.256. The lowest BCUT2D eigenvalue weighted by Crippen LogP contribution is -2.30. The quantitative estimate of drug-likeness (QED) is 0.593. The Morgan fingerprint density at radius 1 is 1.43 bits per heavy atom. The first kappa shape index (κ1) is 14.2. The number of esters is 1. The molecule has 3 aromatic heterocycles. The van der Waals surface area contributed by atoms with Crippen LogP contribution in [0.5, 0.6) is 0 Å². The average Bonchev–Trinajstić information content (AvgIpc) is 2.93. The number of ether oxygens (including phenoxy) is 1. The number of carbonyl (C=O) groups is 1. The van der Waals surface area contributed by atoms with Crippen LogP contribution in [0, 0.1) is 13.8 Å². The van der Waals surface area contributed by atoms with Gasteiger partial charge >= 0.3 is 16.5 Å². The van der Waals surface area contributed by atoms with Gasteiger partial charge in [-0.2, -0.15) is 9.38 Å². The van der Waals surface area contributed by atoms with Crippen LogP contribution in [0.1, 0.15) is 23.1 Å². The van der Waals surface area contributed by atoms with Crippen molar-refractivity contribution in [3.63, 3.8) is 0 Å². The number of hydrogen-bond acceptors (Lipinski definition) is 5. The molecular formula is C14H15N2O3S2+. The van der Waals surface area contributed by atoms with Gasteiger partial charge in [0.05, 0.1) is 6.61 Å². The largest absolute Gasteiger partial charge is 0.466 e. The van der Waals surface area contributed by atoms with Crippen LogP contribution in [0.2, 0.25) is 0 Å². The lowest BCUT2D eigenvalue weighted by atomic mass is 10.2. The molecule has 0 atom stereocenters. The van der Waals surface area contributed by atoms with E-state index in [4.69, 9.17) is 4.74 Å². The van der Waals surface area contributed by atoms with Crippen LogP contribution in [0.4, 0.5) is 0 Å². The maximum absolute atomic E-state index is 12.2. The third-order valence-corrected chi connectivity index (χ3v) is 5.54. The summed E-state index contributed by atoms with van der Waals surface area (Å²) >= 11 is 3.00. The summed E-state index contributed by atoms with van der Waals surface area (Å²) in [6.45, 7) is 6.11. The van der Waals surface area contributed by atoms with Crippen LogP contribution in [0.3, 0.4) is 0 Å². The van der Waals surface area contributed by atoms with Crippen molar-refractivity contribution >= 4 is 43.8 Å². The van der Waals surface area contributed by atoms with Crippen molar-refractivity contribution < 1.29 is 13.9 Å². The van der Waals surface area contributed by atoms with Crippen LogP contribution in [-0.2, 0) is 16.0 Å². The molecular weight excluding hydrogens is 308 g/mol. The zero-order chi connectivity index (χ0) is 15.1. The Kier molecular flexibility index (Phi) is 3.54. The SMILES string of the molecule is CCOC(=O)Cc1csc2[nH]c(=O)c3c(C)c(C)sc3[n+]12. The molecule has 21 heavy (non-hydrogen) atoms. The number of H-pyrrole nitrogens is 1. The molecule has 0 bridgehead atoms. The summed E-state index contributed by atoms with van der Waals surface area (Å²) in [7, 11) is 0.